The molecule has 4 aromatic rings. The second kappa shape index (κ2) is 13.8. The number of fused-ring (bicyclic) bond motifs is 2. The lowest BCUT2D eigenvalue weighted by atomic mass is 10.0. The first-order chi connectivity index (χ1) is 23.3. The first-order valence-corrected chi connectivity index (χ1v) is 17.3. The molecule has 0 saturated carbocycles. The Kier molecular flexibility index (Phi) is 9.20. The lowest BCUT2D eigenvalue weighted by Gasteiger charge is -2.32. The number of rotatable bonds is 10. The fourth-order valence-electron chi connectivity index (χ4n) is 6.73. The number of carbonyl (C=O) groups excluding carboxylic acids is 4. The van der Waals surface area contributed by atoms with Gasteiger partial charge in [-0.2, -0.15) is 5.10 Å². The predicted molar refractivity (Wildman–Crippen MR) is 180 cm³/mol. The second-order valence-corrected chi connectivity index (χ2v) is 13.4. The average Bonchev–Trinajstić information content (AvgIpc) is 3.71. The number of hydrogen-bond acceptors (Lipinski definition) is 8. The Morgan fingerprint density at radius 1 is 1.02 bits per heavy atom. The van der Waals surface area contributed by atoms with Crippen LogP contribution >= 0.6 is 15.9 Å². The number of nitrogens with one attached hydrogen (secondary N) is 1. The molecule has 2 aromatic heterocycles. The SMILES string of the molecule is O=C1CCC(N2Cc3cc(OCCCCCC(=O)N4CCC(n5cc(-c6cnc7cccc(Br)c7n6)cn5)CC4)ccc3C2=O)C(=O)N1. The molecule has 1 unspecified atom stereocenters. The Morgan fingerprint density at radius 3 is 2.71 bits per heavy atom. The smallest absolute Gasteiger partial charge is 0.255 e. The molecule has 248 valence electrons. The summed E-state index contributed by atoms with van der Waals surface area (Å²) in [6.07, 6.45) is 10.9. The Balaban J connectivity index is 0.815. The van der Waals surface area contributed by atoms with Gasteiger partial charge in [-0.25, -0.2) is 4.98 Å². The molecule has 12 nitrogen and oxygen atoms in total. The molecule has 2 saturated heterocycles. The Labute approximate surface area is 286 Å². The highest BCUT2D eigenvalue weighted by Gasteiger charge is 2.39. The maximum absolute atomic E-state index is 12.9. The van der Waals surface area contributed by atoms with E-state index >= 15 is 0 Å². The number of carbonyl (C=O) groups is 4. The largest absolute Gasteiger partial charge is 0.494 e. The minimum Gasteiger partial charge on any atom is -0.494 e. The zero-order valence-electron chi connectivity index (χ0n) is 26.4. The maximum Gasteiger partial charge on any atom is 0.255 e. The average molecular weight is 715 g/mol. The van der Waals surface area contributed by atoms with Crippen molar-refractivity contribution >= 4 is 50.6 Å². The Morgan fingerprint density at radius 2 is 1.88 bits per heavy atom. The molecule has 0 bridgehead atoms. The molecule has 0 spiro atoms. The van der Waals surface area contributed by atoms with Crippen LogP contribution in [0, 0.1) is 0 Å². The van der Waals surface area contributed by atoms with Crippen LogP contribution in [-0.2, 0) is 20.9 Å². The van der Waals surface area contributed by atoms with Crippen LogP contribution in [0.3, 0.4) is 0 Å². The van der Waals surface area contributed by atoms with E-state index in [4.69, 9.17) is 9.72 Å². The molecule has 0 radical (unpaired) electrons. The monoisotopic (exact) mass is 713 g/mol. The molecule has 7 rings (SSSR count). The van der Waals surface area contributed by atoms with Gasteiger partial charge < -0.3 is 14.5 Å². The molecular formula is C35H36BrN7O5. The number of unbranched alkanes of at least 4 members (excludes halogenated alkanes) is 2. The number of para-hydroxylation sites is 1. The van der Waals surface area contributed by atoms with Crippen molar-refractivity contribution in [2.45, 2.75) is 70.0 Å². The molecule has 2 fully saturated rings. The number of aromatic nitrogens is 4. The van der Waals surface area contributed by atoms with Crippen molar-refractivity contribution in [3.63, 3.8) is 0 Å². The number of benzene rings is 2. The van der Waals surface area contributed by atoms with Crippen molar-refractivity contribution in [1.82, 2.24) is 34.9 Å². The van der Waals surface area contributed by atoms with E-state index in [1.54, 1.807) is 18.3 Å². The van der Waals surface area contributed by atoms with Crippen molar-refractivity contribution in [2.75, 3.05) is 19.7 Å². The highest BCUT2D eigenvalue weighted by atomic mass is 79.9. The highest BCUT2D eigenvalue weighted by Crippen LogP contribution is 2.31. The first kappa shape index (κ1) is 31.9. The molecule has 48 heavy (non-hydrogen) atoms. The summed E-state index contributed by atoms with van der Waals surface area (Å²) in [5.41, 5.74) is 4.74. The highest BCUT2D eigenvalue weighted by molar-refractivity contribution is 9.10. The number of ether oxygens (including phenoxy) is 1. The van der Waals surface area contributed by atoms with E-state index in [0.717, 1.165) is 64.4 Å². The summed E-state index contributed by atoms with van der Waals surface area (Å²) in [5, 5.41) is 6.94. The predicted octanol–water partition coefficient (Wildman–Crippen LogP) is 4.82. The third-order valence-corrected chi connectivity index (χ3v) is 10.1. The zero-order chi connectivity index (χ0) is 33.2. The zero-order valence-corrected chi connectivity index (χ0v) is 28.0. The lowest BCUT2D eigenvalue weighted by molar-refractivity contribution is -0.137. The molecule has 3 aliphatic rings. The molecule has 2 aromatic carbocycles. The van der Waals surface area contributed by atoms with Gasteiger partial charge in [-0.15, -0.1) is 0 Å². The van der Waals surface area contributed by atoms with Crippen molar-refractivity contribution < 1.29 is 23.9 Å². The number of hydrogen-bond donors (Lipinski definition) is 1. The van der Waals surface area contributed by atoms with Crippen LogP contribution in [0.25, 0.3) is 22.3 Å². The van der Waals surface area contributed by atoms with Gasteiger partial charge in [0.15, 0.2) is 0 Å². The minimum atomic E-state index is -0.633. The minimum absolute atomic E-state index is 0.191. The lowest BCUT2D eigenvalue weighted by Crippen LogP contribution is -2.52. The summed E-state index contributed by atoms with van der Waals surface area (Å²) in [6, 6.07) is 10.8. The number of likely N-dealkylation sites (tertiary alicyclic amines) is 1. The number of nitrogens with zero attached hydrogens (tertiary/aromatic N) is 6. The van der Waals surface area contributed by atoms with Gasteiger partial charge in [0.2, 0.25) is 17.7 Å². The van der Waals surface area contributed by atoms with Gasteiger partial charge in [-0.3, -0.25) is 34.2 Å². The molecular weight excluding hydrogens is 678 g/mol. The molecule has 5 heterocycles. The normalized spacial score (nSPS) is 18.4. The first-order valence-electron chi connectivity index (χ1n) is 16.5. The van der Waals surface area contributed by atoms with Gasteiger partial charge >= 0.3 is 0 Å². The van der Waals surface area contributed by atoms with Crippen LogP contribution in [0.2, 0.25) is 0 Å². The van der Waals surface area contributed by atoms with Crippen molar-refractivity contribution in [3.05, 3.63) is 70.6 Å². The van der Waals surface area contributed by atoms with Crippen LogP contribution in [0.1, 0.15) is 73.3 Å². The fraction of sp³-hybridized carbons (Fsp3) is 0.400. The summed E-state index contributed by atoms with van der Waals surface area (Å²) in [5.74, 6) is -0.0527. The van der Waals surface area contributed by atoms with Crippen LogP contribution in [0.5, 0.6) is 5.75 Å². The van der Waals surface area contributed by atoms with Gasteiger partial charge in [-0.05, 0) is 90.4 Å². The fourth-order valence-corrected chi connectivity index (χ4v) is 7.18. The van der Waals surface area contributed by atoms with Gasteiger partial charge in [0.05, 0.1) is 36.3 Å². The standard InChI is InChI=1S/C35H36BrN7O5/c36-27-5-4-6-28-33(27)39-29(19-37-28)23-18-38-43(21-23)24-12-14-41(15-13-24)32(45)7-2-1-3-16-48-25-8-9-26-22(17-25)20-42(35(26)47)30-10-11-31(44)40-34(30)46/h4-6,8-9,17-19,21,24,30H,1-3,7,10-16,20H2,(H,40,44,46). The van der Waals surface area contributed by atoms with Gasteiger partial charge in [0.1, 0.15) is 17.3 Å². The van der Waals surface area contributed by atoms with Crippen LogP contribution in [0.4, 0.5) is 0 Å². The van der Waals surface area contributed by atoms with E-state index in [1.165, 1.54) is 4.90 Å². The van der Waals surface area contributed by atoms with E-state index in [1.807, 2.05) is 46.2 Å². The summed E-state index contributed by atoms with van der Waals surface area (Å²) in [7, 11) is 0. The summed E-state index contributed by atoms with van der Waals surface area (Å²) < 4.78 is 8.85. The van der Waals surface area contributed by atoms with E-state index in [9.17, 15) is 19.2 Å². The van der Waals surface area contributed by atoms with E-state index in [0.29, 0.717) is 50.4 Å². The Hall–Kier alpha value is -4.65. The molecule has 13 heteroatoms. The van der Waals surface area contributed by atoms with E-state index in [-0.39, 0.29) is 30.2 Å². The number of amides is 4. The van der Waals surface area contributed by atoms with Crippen molar-refractivity contribution in [2.24, 2.45) is 0 Å². The number of imide groups is 1. The summed E-state index contributed by atoms with van der Waals surface area (Å²) >= 11 is 3.56. The topological polar surface area (TPSA) is 140 Å². The third-order valence-electron chi connectivity index (χ3n) is 9.41. The van der Waals surface area contributed by atoms with Crippen molar-refractivity contribution in [1.29, 1.82) is 0 Å². The van der Waals surface area contributed by atoms with E-state index < -0.39 is 11.9 Å². The molecule has 4 amide bonds. The quantitative estimate of drug-likeness (QED) is 0.182. The maximum atomic E-state index is 12.9. The molecule has 3 aliphatic heterocycles. The Bertz CT molecular complexity index is 1890. The summed E-state index contributed by atoms with van der Waals surface area (Å²) in [4.78, 5) is 62.4. The van der Waals surface area contributed by atoms with Gasteiger partial charge in [0, 0.05) is 54.3 Å². The number of piperidine rings is 2. The second-order valence-electron chi connectivity index (χ2n) is 12.6. The van der Waals surface area contributed by atoms with E-state index in [2.05, 4.69) is 31.3 Å². The molecule has 1 N–H and O–H groups in total. The van der Waals surface area contributed by atoms with Crippen LogP contribution < -0.4 is 10.1 Å². The van der Waals surface area contributed by atoms with Gasteiger partial charge in [0.25, 0.3) is 5.91 Å². The number of halogens is 1. The van der Waals surface area contributed by atoms with Crippen LogP contribution in [-0.4, -0.2) is 78.9 Å². The third kappa shape index (κ3) is 6.69. The molecule has 0 aliphatic carbocycles. The van der Waals surface area contributed by atoms with Gasteiger partial charge in [-0.1, -0.05) is 6.07 Å². The summed E-state index contributed by atoms with van der Waals surface area (Å²) in [6.45, 7) is 2.26. The van der Waals surface area contributed by atoms with Crippen LogP contribution in [0.15, 0.2) is 59.5 Å². The molecule has 1 atom stereocenters. The van der Waals surface area contributed by atoms with Crippen molar-refractivity contribution in [3.8, 4) is 17.0 Å².